The number of piperidine rings is 1. The molecule has 2 N–H and O–H groups in total. The van der Waals surface area contributed by atoms with Crippen molar-refractivity contribution in [1.29, 1.82) is 0 Å². The minimum Gasteiger partial charge on any atom is -0.496 e. The zero-order valence-electron chi connectivity index (χ0n) is 20.0. The molecule has 3 aromatic carbocycles. The average Bonchev–Trinajstić information content (AvgIpc) is 2.89. The van der Waals surface area contributed by atoms with Crippen LogP contribution in [0.5, 0.6) is 5.75 Å². The lowest BCUT2D eigenvalue weighted by atomic mass is 10.2. The van der Waals surface area contributed by atoms with Crippen molar-refractivity contribution in [3.8, 4) is 5.75 Å². The van der Waals surface area contributed by atoms with Crippen LogP contribution in [0.15, 0.2) is 76.5 Å². The third kappa shape index (κ3) is 6.24. The van der Waals surface area contributed by atoms with Crippen molar-refractivity contribution >= 4 is 48.9 Å². The molecule has 0 spiro atoms. The summed E-state index contributed by atoms with van der Waals surface area (Å²) in [6, 6.07) is 16.0. The molecular weight excluding hydrogens is 538 g/mol. The topological polar surface area (TPSA) is 122 Å². The molecule has 196 valence electrons. The molecule has 1 amide bonds. The normalized spacial score (nSPS) is 14.6. The molecule has 0 unspecified atom stereocenters. The van der Waals surface area contributed by atoms with E-state index in [1.165, 1.54) is 59.9 Å². The maximum absolute atomic E-state index is 13.1. The molecule has 9 nitrogen and oxygen atoms in total. The number of sulfonamides is 2. The van der Waals surface area contributed by atoms with E-state index in [-0.39, 0.29) is 21.1 Å². The van der Waals surface area contributed by atoms with E-state index in [1.807, 2.05) is 0 Å². The van der Waals surface area contributed by atoms with E-state index in [2.05, 4.69) is 10.0 Å². The number of carbonyl (C=O) groups excluding carboxylic acids is 1. The number of halogens is 1. The Bertz CT molecular complexity index is 1500. The second-order valence-corrected chi connectivity index (χ2v) is 12.5. The highest BCUT2D eigenvalue weighted by atomic mass is 35.5. The smallest absolute Gasteiger partial charge is 0.261 e. The molecule has 4 rings (SSSR count). The highest BCUT2D eigenvalue weighted by molar-refractivity contribution is 7.92. The monoisotopic (exact) mass is 563 g/mol. The zero-order valence-corrected chi connectivity index (χ0v) is 22.4. The summed E-state index contributed by atoms with van der Waals surface area (Å²) in [4.78, 5) is 13.1. The van der Waals surface area contributed by atoms with Gasteiger partial charge in [0.05, 0.1) is 28.2 Å². The summed E-state index contributed by atoms with van der Waals surface area (Å²) in [6.07, 6.45) is 2.57. The third-order valence-corrected chi connectivity index (χ3v) is 9.39. The molecule has 0 saturated carbocycles. The third-order valence-electron chi connectivity index (χ3n) is 5.87. The molecule has 12 heteroatoms. The molecule has 0 bridgehead atoms. The lowest BCUT2D eigenvalue weighted by molar-refractivity contribution is 0.102. The molecule has 0 radical (unpaired) electrons. The number of carbonyl (C=O) groups is 1. The quantitative estimate of drug-likeness (QED) is 0.414. The molecule has 1 aliphatic heterocycles. The van der Waals surface area contributed by atoms with Gasteiger partial charge in [-0.2, -0.15) is 4.31 Å². The van der Waals surface area contributed by atoms with Gasteiger partial charge in [-0.25, -0.2) is 16.8 Å². The van der Waals surface area contributed by atoms with Crippen LogP contribution in [0.1, 0.15) is 29.6 Å². The molecule has 1 fully saturated rings. The lowest BCUT2D eigenvalue weighted by Crippen LogP contribution is -2.35. The summed E-state index contributed by atoms with van der Waals surface area (Å²) < 4.78 is 60.7. The first-order valence-corrected chi connectivity index (χ1v) is 14.8. The first kappa shape index (κ1) is 26.9. The van der Waals surface area contributed by atoms with E-state index in [9.17, 15) is 21.6 Å². The number of benzene rings is 3. The minimum atomic E-state index is -3.88. The number of ether oxygens (including phenoxy) is 1. The van der Waals surface area contributed by atoms with Crippen molar-refractivity contribution in [2.75, 3.05) is 30.2 Å². The number of amides is 1. The molecule has 1 heterocycles. The molecule has 1 aliphatic rings. The Hall–Kier alpha value is -3.12. The van der Waals surface area contributed by atoms with E-state index in [0.717, 1.165) is 19.3 Å². The largest absolute Gasteiger partial charge is 0.496 e. The molecule has 1 saturated heterocycles. The lowest BCUT2D eigenvalue weighted by Gasteiger charge is -2.26. The van der Waals surface area contributed by atoms with Gasteiger partial charge in [-0.15, -0.1) is 0 Å². The Labute approximate surface area is 221 Å². The van der Waals surface area contributed by atoms with Crippen LogP contribution in [0.25, 0.3) is 0 Å². The summed E-state index contributed by atoms with van der Waals surface area (Å²) in [5.74, 6) is -0.389. The van der Waals surface area contributed by atoms with E-state index in [4.69, 9.17) is 16.3 Å². The van der Waals surface area contributed by atoms with E-state index in [1.54, 1.807) is 18.2 Å². The van der Waals surface area contributed by atoms with Gasteiger partial charge in [0, 0.05) is 23.8 Å². The van der Waals surface area contributed by atoms with Gasteiger partial charge in [-0.3, -0.25) is 9.52 Å². The van der Waals surface area contributed by atoms with Crippen LogP contribution in [0.4, 0.5) is 11.4 Å². The Morgan fingerprint density at radius 1 is 0.865 bits per heavy atom. The maximum Gasteiger partial charge on any atom is 0.261 e. The van der Waals surface area contributed by atoms with Gasteiger partial charge >= 0.3 is 0 Å². The van der Waals surface area contributed by atoms with Gasteiger partial charge < -0.3 is 10.1 Å². The van der Waals surface area contributed by atoms with Crippen molar-refractivity contribution in [1.82, 2.24) is 4.31 Å². The Balaban J connectivity index is 1.53. The van der Waals surface area contributed by atoms with Gasteiger partial charge in [0.15, 0.2) is 0 Å². The number of nitrogens with one attached hydrogen (secondary N) is 2. The summed E-state index contributed by atoms with van der Waals surface area (Å²) in [5.41, 5.74) is 0.675. The summed E-state index contributed by atoms with van der Waals surface area (Å²) in [7, 11) is -6.25. The molecule has 0 atom stereocenters. The van der Waals surface area contributed by atoms with Crippen LogP contribution in [-0.4, -0.2) is 47.2 Å². The van der Waals surface area contributed by atoms with Gasteiger partial charge in [-0.1, -0.05) is 24.1 Å². The van der Waals surface area contributed by atoms with E-state index < -0.39 is 26.0 Å². The predicted octanol–water partition coefficient (Wildman–Crippen LogP) is 4.58. The van der Waals surface area contributed by atoms with Crippen LogP contribution in [0.2, 0.25) is 5.02 Å². The van der Waals surface area contributed by atoms with Crippen molar-refractivity contribution in [2.45, 2.75) is 29.1 Å². The fourth-order valence-corrected chi connectivity index (χ4v) is 6.74. The van der Waals surface area contributed by atoms with E-state index >= 15 is 0 Å². The maximum atomic E-state index is 13.1. The van der Waals surface area contributed by atoms with Crippen molar-refractivity contribution in [2.24, 2.45) is 0 Å². The Morgan fingerprint density at radius 2 is 1.54 bits per heavy atom. The molecular formula is C25H26ClN3O6S2. The van der Waals surface area contributed by atoms with Crippen LogP contribution in [0.3, 0.4) is 0 Å². The Kier molecular flexibility index (Phi) is 8.08. The fourth-order valence-electron chi connectivity index (χ4n) is 3.96. The number of hydrogen-bond acceptors (Lipinski definition) is 6. The van der Waals surface area contributed by atoms with Crippen molar-refractivity contribution in [3.05, 3.63) is 77.3 Å². The van der Waals surface area contributed by atoms with Gasteiger partial charge in [0.1, 0.15) is 5.75 Å². The summed E-state index contributed by atoms with van der Waals surface area (Å²) in [5, 5.41) is 3.06. The van der Waals surface area contributed by atoms with Gasteiger partial charge in [0.2, 0.25) is 10.0 Å². The highest BCUT2D eigenvalue weighted by Gasteiger charge is 2.27. The van der Waals surface area contributed by atoms with Crippen LogP contribution < -0.4 is 14.8 Å². The Morgan fingerprint density at radius 3 is 2.19 bits per heavy atom. The predicted molar refractivity (Wildman–Crippen MR) is 142 cm³/mol. The van der Waals surface area contributed by atoms with Crippen LogP contribution >= 0.6 is 11.6 Å². The van der Waals surface area contributed by atoms with Crippen molar-refractivity contribution in [3.63, 3.8) is 0 Å². The standard InChI is InChI=1S/C25H26ClN3O6S2/c1-35-24-13-12-22(37(33,34)29-14-3-2-4-15-29)17-23(24)25(30)27-19-8-10-21(11-9-19)36(31,32)28-20-7-5-6-18(26)16-20/h5-13,16-17,28H,2-4,14-15H2,1H3,(H,27,30). The van der Waals surface area contributed by atoms with Crippen molar-refractivity contribution < 1.29 is 26.4 Å². The molecule has 0 aliphatic carbocycles. The minimum absolute atomic E-state index is 0.00822. The molecule has 3 aromatic rings. The SMILES string of the molecule is COc1ccc(S(=O)(=O)N2CCCCC2)cc1C(=O)Nc1ccc(S(=O)(=O)Nc2cccc(Cl)c2)cc1. The van der Waals surface area contributed by atoms with E-state index in [0.29, 0.717) is 29.5 Å². The summed E-state index contributed by atoms with van der Waals surface area (Å²) in [6.45, 7) is 0.884. The first-order chi connectivity index (χ1) is 17.6. The van der Waals surface area contributed by atoms with Gasteiger partial charge in [-0.05, 0) is 73.5 Å². The number of nitrogens with zero attached hydrogens (tertiary/aromatic N) is 1. The average molecular weight is 564 g/mol. The number of anilines is 2. The fraction of sp³-hybridized carbons (Fsp3) is 0.240. The second-order valence-electron chi connectivity index (χ2n) is 8.42. The number of methoxy groups -OCH3 is 1. The number of rotatable bonds is 8. The first-order valence-electron chi connectivity index (χ1n) is 11.5. The summed E-state index contributed by atoms with van der Waals surface area (Å²) >= 11 is 5.92. The zero-order chi connectivity index (χ0) is 26.6. The van der Waals surface area contributed by atoms with Gasteiger partial charge in [0.25, 0.3) is 15.9 Å². The number of hydrogen-bond donors (Lipinski definition) is 2. The molecule has 37 heavy (non-hydrogen) atoms. The highest BCUT2D eigenvalue weighted by Crippen LogP contribution is 2.27. The van der Waals surface area contributed by atoms with Crippen LogP contribution in [0, 0.1) is 0 Å². The second kappa shape index (κ2) is 11.1. The van der Waals surface area contributed by atoms with Crippen LogP contribution in [-0.2, 0) is 20.0 Å². The molecule has 0 aromatic heterocycles.